The van der Waals surface area contributed by atoms with Crippen molar-refractivity contribution in [3.8, 4) is 11.5 Å². The van der Waals surface area contributed by atoms with Crippen molar-refractivity contribution in [1.29, 1.82) is 0 Å². The lowest BCUT2D eigenvalue weighted by atomic mass is 10.2. The fourth-order valence-corrected chi connectivity index (χ4v) is 3.29. The van der Waals surface area contributed by atoms with Crippen LogP contribution in [0.3, 0.4) is 0 Å². The lowest BCUT2D eigenvalue weighted by Gasteiger charge is -2.33. The van der Waals surface area contributed by atoms with Crippen LogP contribution in [0.15, 0.2) is 18.2 Å². The summed E-state index contributed by atoms with van der Waals surface area (Å²) in [6.07, 6.45) is -0.571. The number of ether oxygens (including phenoxy) is 3. The number of rotatable bonds is 11. The minimum absolute atomic E-state index is 0.199. The van der Waals surface area contributed by atoms with Crippen LogP contribution >= 0.6 is 0 Å². The molecule has 1 heterocycles. The number of benzene rings is 1. The summed E-state index contributed by atoms with van der Waals surface area (Å²) >= 11 is 0. The Kier molecular flexibility index (Phi) is 9.66. The van der Waals surface area contributed by atoms with Gasteiger partial charge in [0.2, 0.25) is 0 Å². The molecule has 1 aromatic rings. The number of β-amino-alcohol motifs (C(OH)–C–C–N with tert-alkyl or cyclic N) is 1. The second-order valence-corrected chi connectivity index (χ2v) is 7.53. The highest BCUT2D eigenvalue weighted by atomic mass is 16.5. The third-order valence-electron chi connectivity index (χ3n) is 4.88. The maximum atomic E-state index is 11.6. The van der Waals surface area contributed by atoms with Gasteiger partial charge in [0.1, 0.15) is 12.7 Å². The summed E-state index contributed by atoms with van der Waals surface area (Å²) in [7, 11) is 5.57. The number of carbonyl (C=O) groups is 1. The molecule has 0 aliphatic carbocycles. The van der Waals surface area contributed by atoms with Crippen LogP contribution < -0.4 is 9.47 Å². The molecule has 0 bridgehead atoms. The third kappa shape index (κ3) is 8.18. The molecule has 0 saturated carbocycles. The van der Waals surface area contributed by atoms with Crippen molar-refractivity contribution in [2.45, 2.75) is 19.6 Å². The summed E-state index contributed by atoms with van der Waals surface area (Å²) in [6, 6.07) is 5.67. The molecule has 1 atom stereocenters. The van der Waals surface area contributed by atoms with Crippen LogP contribution in [-0.2, 0) is 16.1 Å². The van der Waals surface area contributed by atoms with Gasteiger partial charge in [-0.1, -0.05) is 6.07 Å². The zero-order valence-electron chi connectivity index (χ0n) is 18.1. The fraction of sp³-hybridized carbons (Fsp3) is 0.667. The Morgan fingerprint density at radius 1 is 1.24 bits per heavy atom. The maximum Gasteiger partial charge on any atom is 0.320 e. The van der Waals surface area contributed by atoms with Crippen LogP contribution in [0, 0.1) is 0 Å². The molecule has 2 rings (SSSR count). The standard InChI is InChI=1S/C21H35N3O5/c1-5-28-21(26)15-23(3)13-17-6-7-19(27-4)20(12-17)29-16-18(25)14-24-10-8-22(2)9-11-24/h6-7,12,18,25H,5,8-11,13-16H2,1-4H3/t18-/m1/s1. The van der Waals surface area contributed by atoms with Crippen molar-refractivity contribution >= 4 is 5.97 Å². The second kappa shape index (κ2) is 12.0. The summed E-state index contributed by atoms with van der Waals surface area (Å²) in [5.74, 6) is 0.965. The van der Waals surface area contributed by atoms with Crippen LogP contribution in [0.25, 0.3) is 0 Å². The maximum absolute atomic E-state index is 11.6. The average Bonchev–Trinajstić information content (AvgIpc) is 2.68. The molecule has 1 saturated heterocycles. The highest BCUT2D eigenvalue weighted by Gasteiger charge is 2.18. The molecule has 29 heavy (non-hydrogen) atoms. The van der Waals surface area contributed by atoms with Crippen LogP contribution in [0.1, 0.15) is 12.5 Å². The van der Waals surface area contributed by atoms with Gasteiger partial charge in [-0.2, -0.15) is 0 Å². The monoisotopic (exact) mass is 409 g/mol. The van der Waals surface area contributed by atoms with Gasteiger partial charge in [-0.25, -0.2) is 0 Å². The molecular weight excluding hydrogens is 374 g/mol. The number of hydrogen-bond acceptors (Lipinski definition) is 8. The molecule has 0 unspecified atom stereocenters. The van der Waals surface area contributed by atoms with Crippen molar-refractivity contribution in [3.05, 3.63) is 23.8 Å². The molecule has 1 fully saturated rings. The number of aliphatic hydroxyl groups is 1. The highest BCUT2D eigenvalue weighted by molar-refractivity contribution is 5.71. The topological polar surface area (TPSA) is 74.7 Å². The minimum Gasteiger partial charge on any atom is -0.493 e. The minimum atomic E-state index is -0.571. The van der Waals surface area contributed by atoms with Gasteiger partial charge in [0, 0.05) is 39.3 Å². The molecule has 1 aromatic carbocycles. The van der Waals surface area contributed by atoms with Crippen LogP contribution in [0.2, 0.25) is 0 Å². The fourth-order valence-electron chi connectivity index (χ4n) is 3.29. The molecule has 0 radical (unpaired) electrons. The number of piperazine rings is 1. The van der Waals surface area contributed by atoms with Gasteiger partial charge in [0.05, 0.1) is 20.3 Å². The van der Waals surface area contributed by atoms with Crippen molar-refractivity contribution < 1.29 is 24.1 Å². The Hall–Kier alpha value is -1.87. The number of hydrogen-bond donors (Lipinski definition) is 1. The quantitative estimate of drug-likeness (QED) is 0.535. The van der Waals surface area contributed by atoms with E-state index in [0.29, 0.717) is 31.2 Å². The lowest BCUT2D eigenvalue weighted by Crippen LogP contribution is -2.47. The Bertz CT molecular complexity index is 635. The van der Waals surface area contributed by atoms with Crippen molar-refractivity contribution in [2.24, 2.45) is 0 Å². The number of aliphatic hydroxyl groups excluding tert-OH is 1. The first-order valence-electron chi connectivity index (χ1n) is 10.1. The predicted octanol–water partition coefficient (Wildman–Crippen LogP) is 0.677. The smallest absolute Gasteiger partial charge is 0.320 e. The predicted molar refractivity (Wildman–Crippen MR) is 111 cm³/mol. The van der Waals surface area contributed by atoms with E-state index in [9.17, 15) is 9.90 Å². The molecule has 8 heteroatoms. The normalized spacial score (nSPS) is 16.6. The Labute approximate surface area is 173 Å². The van der Waals surface area contributed by atoms with E-state index in [0.717, 1.165) is 31.7 Å². The molecule has 0 amide bonds. The third-order valence-corrected chi connectivity index (χ3v) is 4.88. The van der Waals surface area contributed by atoms with E-state index in [-0.39, 0.29) is 19.1 Å². The van der Waals surface area contributed by atoms with Gasteiger partial charge in [-0.05, 0) is 38.7 Å². The summed E-state index contributed by atoms with van der Waals surface area (Å²) in [4.78, 5) is 18.1. The molecule has 1 aliphatic rings. The summed E-state index contributed by atoms with van der Waals surface area (Å²) in [6.45, 7) is 7.71. The van der Waals surface area contributed by atoms with Crippen molar-refractivity contribution in [3.63, 3.8) is 0 Å². The van der Waals surface area contributed by atoms with Crippen molar-refractivity contribution in [2.75, 3.05) is 73.7 Å². The van der Waals surface area contributed by atoms with Gasteiger partial charge in [0.25, 0.3) is 0 Å². The van der Waals surface area contributed by atoms with Gasteiger partial charge >= 0.3 is 5.97 Å². The molecule has 0 spiro atoms. The molecule has 0 aromatic heterocycles. The zero-order chi connectivity index (χ0) is 21.2. The highest BCUT2D eigenvalue weighted by Crippen LogP contribution is 2.28. The number of nitrogens with zero attached hydrogens (tertiary/aromatic N) is 3. The van der Waals surface area contributed by atoms with Gasteiger partial charge in [0.15, 0.2) is 11.5 Å². The van der Waals surface area contributed by atoms with E-state index in [1.807, 2.05) is 30.1 Å². The largest absolute Gasteiger partial charge is 0.493 e. The van der Waals surface area contributed by atoms with Gasteiger partial charge in [-0.15, -0.1) is 0 Å². The Morgan fingerprint density at radius 3 is 2.62 bits per heavy atom. The van der Waals surface area contributed by atoms with Gasteiger partial charge < -0.3 is 24.2 Å². The summed E-state index contributed by atoms with van der Waals surface area (Å²) in [5.41, 5.74) is 0.987. The van der Waals surface area contributed by atoms with E-state index >= 15 is 0 Å². The van der Waals surface area contributed by atoms with Crippen LogP contribution in [0.4, 0.5) is 0 Å². The molecule has 8 nitrogen and oxygen atoms in total. The number of esters is 1. The number of carbonyl (C=O) groups excluding carboxylic acids is 1. The Morgan fingerprint density at radius 2 is 1.97 bits per heavy atom. The second-order valence-electron chi connectivity index (χ2n) is 7.53. The number of likely N-dealkylation sites (N-methyl/N-ethyl adjacent to an activating group) is 2. The van der Waals surface area contributed by atoms with E-state index in [1.165, 1.54) is 0 Å². The van der Waals surface area contributed by atoms with Gasteiger partial charge in [-0.3, -0.25) is 14.6 Å². The van der Waals surface area contributed by atoms with E-state index < -0.39 is 6.10 Å². The lowest BCUT2D eigenvalue weighted by molar-refractivity contribution is -0.144. The summed E-state index contributed by atoms with van der Waals surface area (Å²) in [5, 5.41) is 10.4. The zero-order valence-corrected chi connectivity index (χ0v) is 18.1. The SMILES string of the molecule is CCOC(=O)CN(C)Cc1ccc(OC)c(OC[C@H](O)CN2CCN(C)CC2)c1. The van der Waals surface area contributed by atoms with Crippen LogP contribution in [-0.4, -0.2) is 106 Å². The van der Waals surface area contributed by atoms with E-state index in [4.69, 9.17) is 14.2 Å². The first-order valence-corrected chi connectivity index (χ1v) is 10.1. The van der Waals surface area contributed by atoms with E-state index in [1.54, 1.807) is 14.0 Å². The molecule has 1 N–H and O–H groups in total. The molecule has 164 valence electrons. The van der Waals surface area contributed by atoms with Crippen LogP contribution in [0.5, 0.6) is 11.5 Å². The average molecular weight is 410 g/mol. The summed E-state index contributed by atoms with van der Waals surface area (Å²) < 4.78 is 16.2. The molecule has 1 aliphatic heterocycles. The number of methoxy groups -OCH3 is 1. The van der Waals surface area contributed by atoms with E-state index in [2.05, 4.69) is 16.8 Å². The first kappa shape index (κ1) is 23.4. The Balaban J connectivity index is 1.88. The first-order chi connectivity index (χ1) is 13.9. The molecular formula is C21H35N3O5. The van der Waals surface area contributed by atoms with Crippen molar-refractivity contribution in [1.82, 2.24) is 14.7 Å².